The third kappa shape index (κ3) is 3.74. The number of aryl methyl sites for hydroxylation is 2. The Morgan fingerprint density at radius 1 is 1.33 bits per heavy atom. The highest BCUT2D eigenvalue weighted by atomic mass is 32.2. The smallest absolute Gasteiger partial charge is 0.267 e. The third-order valence-corrected chi connectivity index (χ3v) is 6.28. The third-order valence-electron chi connectivity index (χ3n) is 3.74. The first-order valence-electron chi connectivity index (χ1n) is 7.99. The number of aromatic nitrogens is 2. The minimum absolute atomic E-state index is 0.00164. The molecule has 0 atom stereocenters. The lowest BCUT2D eigenvalue weighted by Gasteiger charge is -2.09. The molecule has 3 aromatic rings. The molecule has 27 heavy (non-hydrogen) atoms. The van der Waals surface area contributed by atoms with Crippen molar-refractivity contribution in [2.75, 3.05) is 17.1 Å². The Morgan fingerprint density at radius 2 is 2.07 bits per heavy atom. The van der Waals surface area contributed by atoms with Crippen LogP contribution >= 0.6 is 11.3 Å². The van der Waals surface area contributed by atoms with Crippen molar-refractivity contribution in [3.8, 4) is 5.75 Å². The highest BCUT2D eigenvalue weighted by Gasteiger charge is 2.25. The van der Waals surface area contributed by atoms with E-state index in [0.29, 0.717) is 33.2 Å². The summed E-state index contributed by atoms with van der Waals surface area (Å²) in [5.74, 6) is 0.431. The number of carbonyl (C=O) groups excluding carboxylic acids is 1. The summed E-state index contributed by atoms with van der Waals surface area (Å²) in [7, 11) is -2.43. The lowest BCUT2D eigenvalue weighted by Crippen LogP contribution is -2.14. The van der Waals surface area contributed by atoms with Crippen LogP contribution in [0.25, 0.3) is 10.2 Å². The van der Waals surface area contributed by atoms with E-state index in [1.165, 1.54) is 31.4 Å². The number of methoxy groups -OCH3 is 1. The maximum absolute atomic E-state index is 12.7. The monoisotopic (exact) mass is 410 g/mol. The second kappa shape index (κ2) is 7.16. The molecule has 2 heterocycles. The zero-order valence-electron chi connectivity index (χ0n) is 15.1. The molecule has 2 N–H and O–H groups in total. The molecule has 0 bridgehead atoms. The van der Waals surface area contributed by atoms with Crippen LogP contribution in [0.4, 0.5) is 10.8 Å². The van der Waals surface area contributed by atoms with Gasteiger partial charge < -0.3 is 14.6 Å². The highest BCUT2D eigenvalue weighted by molar-refractivity contribution is 7.92. The largest absolute Gasteiger partial charge is 0.494 e. The molecule has 11 heteroatoms. The second-order valence-electron chi connectivity index (χ2n) is 5.70. The molecule has 0 saturated carbocycles. The summed E-state index contributed by atoms with van der Waals surface area (Å²) in [5, 5.41) is 6.79. The van der Waals surface area contributed by atoms with Crippen molar-refractivity contribution in [2.24, 2.45) is 0 Å². The van der Waals surface area contributed by atoms with Gasteiger partial charge in [-0.1, -0.05) is 23.4 Å². The normalized spacial score (nSPS) is 11.6. The minimum atomic E-state index is -3.89. The van der Waals surface area contributed by atoms with Crippen LogP contribution in [0.3, 0.4) is 0 Å². The van der Waals surface area contributed by atoms with E-state index in [0.717, 1.165) is 0 Å². The first kappa shape index (κ1) is 19.1. The number of carbonyl (C=O) groups is 1. The number of hydrogen-bond acceptors (Lipinski definition) is 8. The molecule has 0 saturated heterocycles. The molecule has 9 nitrogen and oxygen atoms in total. The first-order chi connectivity index (χ1) is 12.7. The fourth-order valence-corrected chi connectivity index (χ4v) is 4.85. The Morgan fingerprint density at radius 3 is 2.67 bits per heavy atom. The van der Waals surface area contributed by atoms with Crippen molar-refractivity contribution >= 4 is 48.3 Å². The Bertz CT molecular complexity index is 1100. The number of rotatable bonds is 6. The van der Waals surface area contributed by atoms with Gasteiger partial charge in [0.15, 0.2) is 15.8 Å². The zero-order chi connectivity index (χ0) is 19.8. The molecule has 0 aliphatic carbocycles. The lowest BCUT2D eigenvalue weighted by molar-refractivity contribution is -0.115. The molecule has 0 unspecified atom stereocenters. The van der Waals surface area contributed by atoms with Crippen LogP contribution in [-0.4, -0.2) is 31.6 Å². The first-order valence-corrected chi connectivity index (χ1v) is 10.3. The molecule has 2 aromatic heterocycles. The summed E-state index contributed by atoms with van der Waals surface area (Å²) in [6, 6.07) is 3.16. The topological polar surface area (TPSA) is 123 Å². The number of thiazole rings is 1. The second-order valence-corrected chi connectivity index (χ2v) is 8.35. The van der Waals surface area contributed by atoms with Crippen LogP contribution < -0.4 is 14.8 Å². The fourth-order valence-electron chi connectivity index (χ4n) is 2.54. The van der Waals surface area contributed by atoms with Crippen LogP contribution in [0.1, 0.15) is 24.8 Å². The molecule has 0 radical (unpaired) electrons. The number of hydrogen-bond donors (Lipinski definition) is 2. The van der Waals surface area contributed by atoms with E-state index in [1.807, 2.05) is 0 Å². The van der Waals surface area contributed by atoms with Crippen LogP contribution in [0, 0.1) is 13.8 Å². The highest BCUT2D eigenvalue weighted by Crippen LogP contribution is 2.36. The van der Waals surface area contributed by atoms with Gasteiger partial charge in [0.2, 0.25) is 5.91 Å². The van der Waals surface area contributed by atoms with Crippen LogP contribution in [0.15, 0.2) is 21.6 Å². The van der Waals surface area contributed by atoms with Gasteiger partial charge in [-0.3, -0.25) is 9.52 Å². The lowest BCUT2D eigenvalue weighted by atomic mass is 10.3. The predicted molar refractivity (Wildman–Crippen MR) is 102 cm³/mol. The van der Waals surface area contributed by atoms with E-state index < -0.39 is 10.0 Å². The van der Waals surface area contributed by atoms with Gasteiger partial charge >= 0.3 is 0 Å². The summed E-state index contributed by atoms with van der Waals surface area (Å²) >= 11 is 1.23. The number of amides is 1. The number of ether oxygens (including phenoxy) is 1. The predicted octanol–water partition coefficient (Wildman–Crippen LogP) is 3.06. The Kier molecular flexibility index (Phi) is 5.07. The summed E-state index contributed by atoms with van der Waals surface area (Å²) in [5.41, 5.74) is 1.11. The molecule has 1 amide bonds. The van der Waals surface area contributed by atoms with E-state index in [2.05, 4.69) is 20.2 Å². The van der Waals surface area contributed by atoms with Crippen molar-refractivity contribution < 1.29 is 22.5 Å². The van der Waals surface area contributed by atoms with E-state index in [4.69, 9.17) is 9.26 Å². The number of sulfonamides is 1. The van der Waals surface area contributed by atoms with Crippen molar-refractivity contribution in [1.29, 1.82) is 0 Å². The van der Waals surface area contributed by atoms with Gasteiger partial charge in [-0.05, 0) is 19.9 Å². The summed E-state index contributed by atoms with van der Waals surface area (Å²) in [6.07, 6.45) is 0.329. The van der Waals surface area contributed by atoms with Gasteiger partial charge in [0, 0.05) is 12.5 Å². The number of fused-ring (bicyclic) bond motifs is 1. The average Bonchev–Trinajstić information content (AvgIpc) is 3.16. The van der Waals surface area contributed by atoms with Crippen molar-refractivity contribution in [3.63, 3.8) is 0 Å². The molecule has 0 aliphatic heterocycles. The summed E-state index contributed by atoms with van der Waals surface area (Å²) in [4.78, 5) is 15.9. The molecular formula is C16H18N4O5S2. The molecule has 1 aromatic carbocycles. The van der Waals surface area contributed by atoms with Crippen molar-refractivity contribution in [1.82, 2.24) is 10.1 Å². The quantitative estimate of drug-likeness (QED) is 0.640. The Labute approximate surface area is 159 Å². The fraction of sp³-hybridized carbons (Fsp3) is 0.312. The SMILES string of the molecule is CCC(=O)Nc1nc2c(OC)cc(NS(=O)(=O)c3c(C)noc3C)cc2s1. The number of anilines is 2. The van der Waals surface area contributed by atoms with Crippen LogP contribution in [0.5, 0.6) is 5.75 Å². The molecule has 3 rings (SSSR count). The van der Waals surface area contributed by atoms with E-state index in [-0.39, 0.29) is 22.3 Å². The zero-order valence-corrected chi connectivity index (χ0v) is 16.7. The van der Waals surface area contributed by atoms with Gasteiger partial charge in [-0.25, -0.2) is 13.4 Å². The van der Waals surface area contributed by atoms with Gasteiger partial charge in [-0.15, -0.1) is 0 Å². The van der Waals surface area contributed by atoms with E-state index in [1.54, 1.807) is 19.9 Å². The number of nitrogens with zero attached hydrogens (tertiary/aromatic N) is 2. The van der Waals surface area contributed by atoms with Gasteiger partial charge in [0.25, 0.3) is 10.0 Å². The van der Waals surface area contributed by atoms with Crippen LogP contribution in [0.2, 0.25) is 0 Å². The van der Waals surface area contributed by atoms with Crippen molar-refractivity contribution in [2.45, 2.75) is 32.1 Å². The van der Waals surface area contributed by atoms with Gasteiger partial charge in [-0.2, -0.15) is 0 Å². The number of nitrogens with one attached hydrogen (secondary N) is 2. The van der Waals surface area contributed by atoms with E-state index >= 15 is 0 Å². The molecular weight excluding hydrogens is 392 g/mol. The molecule has 144 valence electrons. The Balaban J connectivity index is 2.01. The average molecular weight is 410 g/mol. The summed E-state index contributed by atoms with van der Waals surface area (Å²) < 4.78 is 38.9. The number of benzene rings is 1. The Hall–Kier alpha value is -2.66. The van der Waals surface area contributed by atoms with Crippen LogP contribution in [-0.2, 0) is 14.8 Å². The maximum Gasteiger partial charge on any atom is 0.267 e. The summed E-state index contributed by atoms with van der Waals surface area (Å²) in [6.45, 7) is 4.83. The van der Waals surface area contributed by atoms with Crippen molar-refractivity contribution in [3.05, 3.63) is 23.6 Å². The maximum atomic E-state index is 12.7. The minimum Gasteiger partial charge on any atom is -0.494 e. The molecule has 0 fully saturated rings. The molecule has 0 spiro atoms. The van der Waals surface area contributed by atoms with Gasteiger partial charge in [0.1, 0.15) is 17.0 Å². The standard InChI is InChI=1S/C16H18N4O5S2/c1-5-13(21)17-16-18-14-11(24-4)6-10(7-12(14)26-16)20-27(22,23)15-8(2)19-25-9(15)3/h6-7,20H,5H2,1-4H3,(H,17,18,21). The van der Waals surface area contributed by atoms with E-state index in [9.17, 15) is 13.2 Å². The molecule has 0 aliphatic rings. The van der Waals surface area contributed by atoms with Gasteiger partial charge in [0.05, 0.1) is 17.5 Å².